The summed E-state index contributed by atoms with van der Waals surface area (Å²) in [5, 5.41) is 10.4. The maximum absolute atomic E-state index is 13.1. The number of rotatable bonds is 9. The molecular weight excluding hydrogens is 418 g/mol. The highest BCUT2D eigenvalue weighted by Gasteiger charge is 2.16. The molecule has 0 aliphatic carbocycles. The first-order chi connectivity index (χ1) is 15.6. The van der Waals surface area contributed by atoms with Gasteiger partial charge >= 0.3 is 0 Å². The number of nitrogens with zero attached hydrogens (tertiary/aromatic N) is 4. The number of carbonyl (C=O) groups excluding carboxylic acids is 1. The summed E-state index contributed by atoms with van der Waals surface area (Å²) in [6.07, 6.45) is 1.75. The maximum Gasteiger partial charge on any atom is 0.252 e. The largest absolute Gasteiger partial charge is 0.348 e. The summed E-state index contributed by atoms with van der Waals surface area (Å²) in [7, 11) is 0. The smallest absolute Gasteiger partial charge is 0.252 e. The van der Waals surface area contributed by atoms with Gasteiger partial charge in [0.05, 0.1) is 23.7 Å². The van der Waals surface area contributed by atoms with Crippen LogP contribution in [0.15, 0.2) is 54.0 Å². The van der Waals surface area contributed by atoms with Crippen LogP contribution in [0.4, 0.5) is 0 Å². The van der Waals surface area contributed by atoms with Gasteiger partial charge in [-0.1, -0.05) is 44.2 Å². The minimum atomic E-state index is -0.106. The Kier molecular flexibility index (Phi) is 6.97. The second kappa shape index (κ2) is 10.1. The molecule has 0 spiro atoms. The van der Waals surface area contributed by atoms with E-state index < -0.39 is 0 Å². The molecule has 0 saturated carbocycles. The summed E-state index contributed by atoms with van der Waals surface area (Å²) in [4.78, 5) is 21.3. The van der Waals surface area contributed by atoms with E-state index in [9.17, 15) is 4.79 Å². The third kappa shape index (κ3) is 5.06. The average molecular weight is 448 g/mol. The molecule has 4 aromatic rings. The van der Waals surface area contributed by atoms with Crippen LogP contribution in [0.2, 0.25) is 0 Å². The van der Waals surface area contributed by atoms with Gasteiger partial charge in [-0.15, -0.1) is 11.3 Å². The molecule has 166 valence electrons. The lowest BCUT2D eigenvalue weighted by Gasteiger charge is -2.18. The first-order valence-corrected chi connectivity index (χ1v) is 11.9. The molecule has 4 rings (SSSR count). The van der Waals surface area contributed by atoms with Crippen molar-refractivity contribution in [1.29, 1.82) is 0 Å². The number of hydrogen-bond donors (Lipinski definition) is 1. The van der Waals surface area contributed by atoms with E-state index in [1.165, 1.54) is 10.4 Å². The highest BCUT2D eigenvalue weighted by Crippen LogP contribution is 2.20. The van der Waals surface area contributed by atoms with Gasteiger partial charge in [0, 0.05) is 23.7 Å². The predicted molar refractivity (Wildman–Crippen MR) is 130 cm³/mol. The summed E-state index contributed by atoms with van der Waals surface area (Å²) in [6, 6.07) is 14.4. The SMILES string of the molecule is CCN(CC)Cc1cccc(CNC(=O)c2cc(C)nc3c2cnn3Cc2cccs2)c1. The number of carbonyl (C=O) groups is 1. The van der Waals surface area contributed by atoms with Gasteiger partial charge in [0.2, 0.25) is 0 Å². The molecule has 0 saturated heterocycles. The van der Waals surface area contributed by atoms with Crippen molar-refractivity contribution in [3.05, 3.63) is 81.3 Å². The third-order valence-corrected chi connectivity index (χ3v) is 6.47. The van der Waals surface area contributed by atoms with E-state index in [-0.39, 0.29) is 5.91 Å². The molecule has 1 aromatic carbocycles. The number of pyridine rings is 1. The topological polar surface area (TPSA) is 63.1 Å². The van der Waals surface area contributed by atoms with Crippen LogP contribution >= 0.6 is 11.3 Å². The first-order valence-electron chi connectivity index (χ1n) is 11.0. The Morgan fingerprint density at radius 2 is 1.94 bits per heavy atom. The first kappa shape index (κ1) is 22.2. The van der Waals surface area contributed by atoms with E-state index in [1.54, 1.807) is 17.5 Å². The van der Waals surface area contributed by atoms with Crippen molar-refractivity contribution < 1.29 is 4.79 Å². The van der Waals surface area contributed by atoms with Crippen LogP contribution in [0, 0.1) is 6.92 Å². The van der Waals surface area contributed by atoms with Crippen LogP contribution in [0.3, 0.4) is 0 Å². The molecule has 0 fully saturated rings. The Balaban J connectivity index is 1.50. The second-order valence-corrected chi connectivity index (χ2v) is 8.93. The van der Waals surface area contributed by atoms with Crippen molar-refractivity contribution in [2.45, 2.75) is 40.4 Å². The van der Waals surface area contributed by atoms with E-state index in [0.29, 0.717) is 18.7 Å². The van der Waals surface area contributed by atoms with Crippen LogP contribution in [0.25, 0.3) is 11.0 Å². The van der Waals surface area contributed by atoms with Crippen LogP contribution in [0.1, 0.15) is 45.9 Å². The molecule has 0 aliphatic rings. The summed E-state index contributed by atoms with van der Waals surface area (Å²) >= 11 is 1.69. The molecule has 0 bridgehead atoms. The Hall–Kier alpha value is -3.03. The van der Waals surface area contributed by atoms with E-state index in [4.69, 9.17) is 0 Å². The summed E-state index contributed by atoms with van der Waals surface area (Å²) in [6.45, 7) is 10.4. The number of benzene rings is 1. The normalized spacial score (nSPS) is 11.4. The summed E-state index contributed by atoms with van der Waals surface area (Å²) in [5.41, 5.74) is 4.52. The fraction of sp³-hybridized carbons (Fsp3) is 0.320. The van der Waals surface area contributed by atoms with Gasteiger partial charge in [0.15, 0.2) is 5.65 Å². The molecule has 3 heterocycles. The molecule has 6 nitrogen and oxygen atoms in total. The summed E-state index contributed by atoms with van der Waals surface area (Å²) < 4.78 is 1.86. The minimum Gasteiger partial charge on any atom is -0.348 e. The van der Waals surface area contributed by atoms with E-state index in [2.05, 4.69) is 69.9 Å². The molecule has 3 aromatic heterocycles. The number of nitrogens with one attached hydrogen (secondary N) is 1. The Bertz CT molecular complexity index is 1190. The van der Waals surface area contributed by atoms with Crippen molar-refractivity contribution in [2.24, 2.45) is 0 Å². The van der Waals surface area contributed by atoms with Gasteiger partial charge in [0.25, 0.3) is 5.91 Å². The van der Waals surface area contributed by atoms with E-state index in [0.717, 1.165) is 41.9 Å². The van der Waals surface area contributed by atoms with Gasteiger partial charge in [-0.05, 0) is 48.7 Å². The fourth-order valence-electron chi connectivity index (χ4n) is 3.85. The molecule has 1 N–H and O–H groups in total. The van der Waals surface area contributed by atoms with Crippen LogP contribution in [0.5, 0.6) is 0 Å². The lowest BCUT2D eigenvalue weighted by atomic mass is 10.1. The number of hydrogen-bond acceptors (Lipinski definition) is 5. The van der Waals surface area contributed by atoms with Gasteiger partial charge in [-0.2, -0.15) is 5.10 Å². The standard InChI is InChI=1S/C25H29N5OS/c1-4-29(5-2)16-20-9-6-8-19(13-20)14-26-25(31)22-12-18(3)28-24-23(22)15-27-30(24)17-21-10-7-11-32-21/h6-13,15H,4-5,14,16-17H2,1-3H3,(H,26,31). The maximum atomic E-state index is 13.1. The Morgan fingerprint density at radius 3 is 2.69 bits per heavy atom. The van der Waals surface area contributed by atoms with Crippen LogP contribution in [-0.4, -0.2) is 38.7 Å². The van der Waals surface area contributed by atoms with Crippen molar-refractivity contribution >= 4 is 28.3 Å². The highest BCUT2D eigenvalue weighted by atomic mass is 32.1. The third-order valence-electron chi connectivity index (χ3n) is 5.61. The molecule has 1 amide bonds. The number of aromatic nitrogens is 3. The number of thiophene rings is 1. The highest BCUT2D eigenvalue weighted by molar-refractivity contribution is 7.09. The predicted octanol–water partition coefficient (Wildman–Crippen LogP) is 4.62. The molecule has 0 radical (unpaired) electrons. The van der Waals surface area contributed by atoms with E-state index in [1.807, 2.05) is 23.7 Å². The molecule has 32 heavy (non-hydrogen) atoms. The lowest BCUT2D eigenvalue weighted by Crippen LogP contribution is -2.24. The Morgan fingerprint density at radius 1 is 1.12 bits per heavy atom. The van der Waals surface area contributed by atoms with Gasteiger partial charge < -0.3 is 5.32 Å². The number of amides is 1. The number of fused-ring (bicyclic) bond motifs is 1. The van der Waals surface area contributed by atoms with Gasteiger partial charge in [-0.25, -0.2) is 9.67 Å². The minimum absolute atomic E-state index is 0.106. The molecule has 7 heteroatoms. The molecule has 0 atom stereocenters. The lowest BCUT2D eigenvalue weighted by molar-refractivity contribution is 0.0952. The van der Waals surface area contributed by atoms with Crippen molar-refractivity contribution in [3.63, 3.8) is 0 Å². The monoisotopic (exact) mass is 447 g/mol. The molecule has 0 unspecified atom stereocenters. The zero-order valence-electron chi connectivity index (χ0n) is 18.8. The molecular formula is C25H29N5OS. The van der Waals surface area contributed by atoms with Crippen molar-refractivity contribution in [2.75, 3.05) is 13.1 Å². The quantitative estimate of drug-likeness (QED) is 0.407. The van der Waals surface area contributed by atoms with Crippen molar-refractivity contribution in [1.82, 2.24) is 25.0 Å². The average Bonchev–Trinajstić information content (AvgIpc) is 3.46. The number of aryl methyl sites for hydroxylation is 1. The summed E-state index contributed by atoms with van der Waals surface area (Å²) in [5.74, 6) is -0.106. The second-order valence-electron chi connectivity index (χ2n) is 7.89. The van der Waals surface area contributed by atoms with E-state index >= 15 is 0 Å². The molecule has 0 aliphatic heterocycles. The van der Waals surface area contributed by atoms with Gasteiger partial charge in [0.1, 0.15) is 0 Å². The zero-order valence-corrected chi connectivity index (χ0v) is 19.7. The van der Waals surface area contributed by atoms with Gasteiger partial charge in [-0.3, -0.25) is 9.69 Å². The van der Waals surface area contributed by atoms with Crippen LogP contribution in [-0.2, 0) is 19.6 Å². The Labute approximate surface area is 192 Å². The van der Waals surface area contributed by atoms with Crippen LogP contribution < -0.4 is 5.32 Å². The van der Waals surface area contributed by atoms with Crippen molar-refractivity contribution in [3.8, 4) is 0 Å². The zero-order chi connectivity index (χ0) is 22.5. The fourth-order valence-corrected chi connectivity index (χ4v) is 4.53.